The zero-order valence-corrected chi connectivity index (χ0v) is 16.3. The fourth-order valence-electron chi connectivity index (χ4n) is 2.61. The van der Waals surface area contributed by atoms with Gasteiger partial charge in [-0.15, -0.1) is 0 Å². The average Bonchev–Trinajstić information content (AvgIpc) is 2.44. The number of aromatic nitrogens is 2. The molecule has 0 unspecified atom stereocenters. The van der Waals surface area contributed by atoms with E-state index >= 15 is 0 Å². The monoisotopic (exact) mass is 352 g/mol. The molecule has 0 aliphatic heterocycles. The minimum absolute atomic E-state index is 0.0563. The lowest BCUT2D eigenvalue weighted by Crippen LogP contribution is -2.42. The van der Waals surface area contributed by atoms with E-state index in [1.165, 1.54) is 9.47 Å². The number of aromatic amines is 1. The first kappa shape index (κ1) is 21.0. The minimum atomic E-state index is -0.610. The van der Waals surface area contributed by atoms with Crippen LogP contribution < -0.4 is 21.9 Å². The molecule has 0 bridgehead atoms. The van der Waals surface area contributed by atoms with E-state index < -0.39 is 11.2 Å². The summed E-state index contributed by atoms with van der Waals surface area (Å²) in [4.78, 5) is 41.1. The fourth-order valence-corrected chi connectivity index (χ4v) is 2.61. The lowest BCUT2D eigenvalue weighted by Gasteiger charge is -2.28. The normalized spacial score (nSPS) is 11.8. The number of nitrogens with one attached hydrogen (secondary N) is 1. The summed E-state index contributed by atoms with van der Waals surface area (Å²) in [6.07, 6.45) is 1.92. The SMILES string of the molecule is CCCCN(C(=O)CC(C)(C)C)c1c(N)n(CC(C)C)c(=O)[nH]c1=O. The molecule has 3 N–H and O–H groups in total. The van der Waals surface area contributed by atoms with Gasteiger partial charge in [0.2, 0.25) is 5.91 Å². The van der Waals surface area contributed by atoms with Gasteiger partial charge in [0.25, 0.3) is 5.56 Å². The van der Waals surface area contributed by atoms with Crippen LogP contribution in [0.25, 0.3) is 0 Å². The molecule has 1 amide bonds. The van der Waals surface area contributed by atoms with Crippen LogP contribution in [0.4, 0.5) is 11.5 Å². The van der Waals surface area contributed by atoms with Crippen molar-refractivity contribution in [2.24, 2.45) is 11.3 Å². The van der Waals surface area contributed by atoms with E-state index in [0.717, 1.165) is 12.8 Å². The standard InChI is InChI=1S/C18H32N4O3/c1-7-8-9-21(13(23)10-18(4,5)6)14-15(19)22(11-12(2)3)17(25)20-16(14)24/h12H,7-11,19H2,1-6H3,(H,20,24,25). The molecular weight excluding hydrogens is 320 g/mol. The van der Waals surface area contributed by atoms with Crippen molar-refractivity contribution in [2.45, 2.75) is 67.3 Å². The number of nitrogens with zero attached hydrogens (tertiary/aromatic N) is 2. The van der Waals surface area contributed by atoms with Gasteiger partial charge in [0, 0.05) is 19.5 Å². The Kier molecular flexibility index (Phi) is 7.02. The smallest absolute Gasteiger partial charge is 0.330 e. The highest BCUT2D eigenvalue weighted by molar-refractivity contribution is 5.95. The van der Waals surface area contributed by atoms with E-state index in [0.29, 0.717) is 19.5 Å². The second-order valence-corrected chi connectivity index (χ2v) is 8.13. The topological polar surface area (TPSA) is 101 Å². The van der Waals surface area contributed by atoms with Crippen molar-refractivity contribution < 1.29 is 4.79 Å². The molecule has 0 aromatic carbocycles. The molecule has 0 aliphatic carbocycles. The third kappa shape index (κ3) is 5.76. The van der Waals surface area contributed by atoms with Gasteiger partial charge < -0.3 is 10.6 Å². The molecule has 7 heteroatoms. The van der Waals surface area contributed by atoms with Gasteiger partial charge in [-0.05, 0) is 17.8 Å². The van der Waals surface area contributed by atoms with Gasteiger partial charge >= 0.3 is 5.69 Å². The van der Waals surface area contributed by atoms with Crippen molar-refractivity contribution >= 4 is 17.4 Å². The van der Waals surface area contributed by atoms with Crippen molar-refractivity contribution in [1.29, 1.82) is 0 Å². The van der Waals surface area contributed by atoms with Crippen LogP contribution in [0, 0.1) is 11.3 Å². The van der Waals surface area contributed by atoms with Crippen LogP contribution in [0.3, 0.4) is 0 Å². The number of unbranched alkanes of at least 4 members (excludes halogenated alkanes) is 1. The van der Waals surface area contributed by atoms with Crippen molar-refractivity contribution in [2.75, 3.05) is 17.2 Å². The van der Waals surface area contributed by atoms with Crippen LogP contribution in [0.5, 0.6) is 0 Å². The van der Waals surface area contributed by atoms with E-state index in [9.17, 15) is 14.4 Å². The second kappa shape index (κ2) is 8.36. The largest absolute Gasteiger partial charge is 0.383 e. The van der Waals surface area contributed by atoms with E-state index in [2.05, 4.69) is 4.98 Å². The third-order valence-corrected chi connectivity index (χ3v) is 3.75. The van der Waals surface area contributed by atoms with Crippen molar-refractivity contribution in [1.82, 2.24) is 9.55 Å². The predicted molar refractivity (Wildman–Crippen MR) is 102 cm³/mol. The first-order chi connectivity index (χ1) is 11.5. The summed E-state index contributed by atoms with van der Waals surface area (Å²) >= 11 is 0. The highest BCUT2D eigenvalue weighted by Gasteiger charge is 2.27. The molecule has 0 saturated heterocycles. The highest BCUT2D eigenvalue weighted by atomic mass is 16.2. The van der Waals surface area contributed by atoms with Crippen molar-refractivity contribution in [3.05, 3.63) is 20.8 Å². The van der Waals surface area contributed by atoms with Gasteiger partial charge in [-0.1, -0.05) is 48.0 Å². The summed E-state index contributed by atoms with van der Waals surface area (Å²) < 4.78 is 1.34. The Labute approximate surface area is 149 Å². The maximum atomic E-state index is 12.8. The number of nitrogens with two attached hydrogens (primary N) is 1. The van der Waals surface area contributed by atoms with Crippen LogP contribution >= 0.6 is 0 Å². The van der Waals surface area contributed by atoms with Crippen LogP contribution in [-0.4, -0.2) is 22.0 Å². The lowest BCUT2D eigenvalue weighted by molar-refractivity contribution is -0.120. The summed E-state index contributed by atoms with van der Waals surface area (Å²) in [5.41, 5.74) is 4.88. The van der Waals surface area contributed by atoms with Crippen LogP contribution in [0.1, 0.15) is 60.8 Å². The number of amides is 1. The molecular formula is C18H32N4O3. The molecule has 0 radical (unpaired) electrons. The van der Waals surface area contributed by atoms with Gasteiger partial charge in [-0.3, -0.25) is 19.1 Å². The first-order valence-corrected chi connectivity index (χ1v) is 8.91. The molecule has 1 aromatic heterocycles. The summed E-state index contributed by atoms with van der Waals surface area (Å²) in [5.74, 6) is 0.0711. The summed E-state index contributed by atoms with van der Waals surface area (Å²) in [7, 11) is 0. The van der Waals surface area contributed by atoms with Gasteiger partial charge in [-0.25, -0.2) is 4.79 Å². The zero-order chi connectivity index (χ0) is 19.4. The highest BCUT2D eigenvalue weighted by Crippen LogP contribution is 2.24. The van der Waals surface area contributed by atoms with Gasteiger partial charge in [0.1, 0.15) is 5.82 Å². The van der Waals surface area contributed by atoms with E-state index in [4.69, 9.17) is 5.73 Å². The van der Waals surface area contributed by atoms with Crippen LogP contribution in [0.15, 0.2) is 9.59 Å². The first-order valence-electron chi connectivity index (χ1n) is 8.91. The Hall–Kier alpha value is -2.05. The number of rotatable bonds is 7. The molecule has 1 rings (SSSR count). The van der Waals surface area contributed by atoms with Crippen molar-refractivity contribution in [3.63, 3.8) is 0 Å². The summed E-state index contributed by atoms with van der Waals surface area (Å²) in [6, 6.07) is 0. The number of anilines is 2. The molecule has 0 atom stereocenters. The maximum Gasteiger partial charge on any atom is 0.330 e. The van der Waals surface area contributed by atoms with Gasteiger partial charge in [0.05, 0.1) is 0 Å². The Morgan fingerprint density at radius 2 is 1.88 bits per heavy atom. The van der Waals surface area contributed by atoms with Crippen molar-refractivity contribution in [3.8, 4) is 0 Å². The molecule has 1 heterocycles. The van der Waals surface area contributed by atoms with E-state index in [1.807, 2.05) is 41.5 Å². The molecule has 142 valence electrons. The minimum Gasteiger partial charge on any atom is -0.383 e. The van der Waals surface area contributed by atoms with E-state index in [-0.39, 0.29) is 28.7 Å². The Morgan fingerprint density at radius 1 is 1.28 bits per heavy atom. The molecule has 0 aliphatic rings. The van der Waals surface area contributed by atoms with Crippen LogP contribution in [0.2, 0.25) is 0 Å². The average molecular weight is 352 g/mol. The maximum absolute atomic E-state index is 12.8. The quantitative estimate of drug-likeness (QED) is 0.786. The number of H-pyrrole nitrogens is 1. The molecule has 1 aromatic rings. The summed E-state index contributed by atoms with van der Waals surface area (Å²) in [6.45, 7) is 12.6. The molecule has 25 heavy (non-hydrogen) atoms. The summed E-state index contributed by atoms with van der Waals surface area (Å²) in [5, 5.41) is 0. The molecule has 0 saturated carbocycles. The molecule has 0 fully saturated rings. The molecule has 7 nitrogen and oxygen atoms in total. The second-order valence-electron chi connectivity index (χ2n) is 8.13. The van der Waals surface area contributed by atoms with Crippen LogP contribution in [-0.2, 0) is 11.3 Å². The fraction of sp³-hybridized carbons (Fsp3) is 0.722. The van der Waals surface area contributed by atoms with E-state index in [1.54, 1.807) is 0 Å². The number of hydrogen-bond acceptors (Lipinski definition) is 4. The Morgan fingerprint density at radius 3 is 2.36 bits per heavy atom. The number of hydrogen-bond donors (Lipinski definition) is 2. The predicted octanol–water partition coefficient (Wildman–Crippen LogP) is 2.34. The number of carbonyl (C=O) groups excluding carboxylic acids is 1. The Balaban J connectivity index is 3.45. The third-order valence-electron chi connectivity index (χ3n) is 3.75. The van der Waals surface area contributed by atoms with Gasteiger partial charge in [0.15, 0.2) is 5.69 Å². The number of nitrogen functional groups attached to an aromatic ring is 1. The lowest BCUT2D eigenvalue weighted by atomic mass is 9.91. The Bertz CT molecular complexity index is 711. The van der Waals surface area contributed by atoms with Gasteiger partial charge in [-0.2, -0.15) is 0 Å². The number of carbonyl (C=O) groups is 1. The molecule has 0 spiro atoms. The zero-order valence-electron chi connectivity index (χ0n) is 16.3.